The minimum absolute atomic E-state index is 0.155. The zero-order valence-electron chi connectivity index (χ0n) is 15.1. The molecule has 2 aromatic carbocycles. The number of terminal acetylenes is 1. The van der Waals surface area contributed by atoms with Gasteiger partial charge in [0.1, 0.15) is 13.2 Å². The van der Waals surface area contributed by atoms with E-state index in [0.29, 0.717) is 48.2 Å². The summed E-state index contributed by atoms with van der Waals surface area (Å²) < 4.78 is 14.2. The molecule has 142 valence electrons. The SMILES string of the molecule is C#CCn1c(=NC(=O)CCSc2ccccc2)sc2cc3c(cc21)OCCO3. The number of rotatable bonds is 5. The van der Waals surface area contributed by atoms with Crippen molar-refractivity contribution in [1.82, 2.24) is 4.57 Å². The third-order valence-corrected chi connectivity index (χ3v) is 6.20. The molecule has 0 atom stereocenters. The third-order valence-electron chi connectivity index (χ3n) is 4.14. The van der Waals surface area contributed by atoms with E-state index in [1.54, 1.807) is 11.8 Å². The highest BCUT2D eigenvalue weighted by atomic mass is 32.2. The second-order valence-electron chi connectivity index (χ2n) is 6.06. The Bertz CT molecular complexity index is 1110. The average molecular weight is 411 g/mol. The standard InChI is InChI=1S/C21H18N2O3S2/c1-2-9-23-16-13-17-18(26-11-10-25-17)14-19(16)28-21(23)22-20(24)8-12-27-15-6-4-3-5-7-15/h1,3-7,13-14H,8-12H2. The van der Waals surface area contributed by atoms with E-state index in [4.69, 9.17) is 15.9 Å². The van der Waals surface area contributed by atoms with Crippen LogP contribution in [-0.4, -0.2) is 29.4 Å². The molecule has 1 aliphatic heterocycles. The summed E-state index contributed by atoms with van der Waals surface area (Å²) in [6.07, 6.45) is 5.91. The van der Waals surface area contributed by atoms with Crippen LogP contribution in [0, 0.1) is 12.3 Å². The van der Waals surface area contributed by atoms with Gasteiger partial charge in [-0.3, -0.25) is 4.79 Å². The van der Waals surface area contributed by atoms with Gasteiger partial charge >= 0.3 is 0 Å². The van der Waals surface area contributed by atoms with E-state index in [-0.39, 0.29) is 5.91 Å². The minimum Gasteiger partial charge on any atom is -0.486 e. The molecule has 0 N–H and O–H groups in total. The van der Waals surface area contributed by atoms with Gasteiger partial charge in [-0.2, -0.15) is 4.99 Å². The maximum Gasteiger partial charge on any atom is 0.249 e. The summed E-state index contributed by atoms with van der Waals surface area (Å²) in [7, 11) is 0. The van der Waals surface area contributed by atoms with Gasteiger partial charge in [0.25, 0.3) is 0 Å². The van der Waals surface area contributed by atoms with Gasteiger partial charge in [0, 0.05) is 29.2 Å². The van der Waals surface area contributed by atoms with Crippen molar-refractivity contribution in [2.45, 2.75) is 17.9 Å². The van der Waals surface area contributed by atoms with E-state index in [1.807, 2.05) is 47.0 Å². The van der Waals surface area contributed by atoms with Gasteiger partial charge in [-0.1, -0.05) is 35.5 Å². The fourth-order valence-corrected chi connectivity index (χ4v) is 4.79. The quantitative estimate of drug-likeness (QED) is 0.475. The number of nitrogens with zero attached hydrogens (tertiary/aromatic N) is 2. The fourth-order valence-electron chi connectivity index (χ4n) is 2.87. The highest BCUT2D eigenvalue weighted by Gasteiger charge is 2.16. The molecule has 3 aromatic rings. The lowest BCUT2D eigenvalue weighted by molar-refractivity contribution is -0.117. The molecule has 0 bridgehead atoms. The van der Waals surface area contributed by atoms with E-state index >= 15 is 0 Å². The zero-order valence-corrected chi connectivity index (χ0v) is 16.7. The lowest BCUT2D eigenvalue weighted by Gasteiger charge is -2.18. The molecule has 0 aliphatic carbocycles. The lowest BCUT2D eigenvalue weighted by Crippen LogP contribution is -2.17. The fraction of sp³-hybridized carbons (Fsp3) is 0.238. The third kappa shape index (κ3) is 4.08. The Morgan fingerprint density at radius 1 is 1.21 bits per heavy atom. The highest BCUT2D eigenvalue weighted by molar-refractivity contribution is 7.99. The van der Waals surface area contributed by atoms with Crippen molar-refractivity contribution in [2.75, 3.05) is 19.0 Å². The predicted octanol–water partition coefficient (Wildman–Crippen LogP) is 3.72. The first-order valence-electron chi connectivity index (χ1n) is 8.86. The molecule has 0 unspecified atom stereocenters. The molecule has 0 radical (unpaired) electrons. The topological polar surface area (TPSA) is 52.8 Å². The molecule has 0 spiro atoms. The molecule has 0 fully saturated rings. The Labute approximate surface area is 171 Å². The Kier molecular flexibility index (Phi) is 5.70. The van der Waals surface area contributed by atoms with Gasteiger partial charge < -0.3 is 14.0 Å². The van der Waals surface area contributed by atoms with Crippen molar-refractivity contribution in [1.29, 1.82) is 0 Å². The number of carbonyl (C=O) groups is 1. The van der Waals surface area contributed by atoms with Crippen LogP contribution in [0.4, 0.5) is 0 Å². The second kappa shape index (κ2) is 8.55. The maximum absolute atomic E-state index is 12.4. The van der Waals surface area contributed by atoms with E-state index in [2.05, 4.69) is 10.9 Å². The monoisotopic (exact) mass is 410 g/mol. The van der Waals surface area contributed by atoms with Crippen LogP contribution in [0.1, 0.15) is 6.42 Å². The van der Waals surface area contributed by atoms with Crippen LogP contribution < -0.4 is 14.3 Å². The molecule has 7 heteroatoms. The number of carbonyl (C=O) groups excluding carboxylic acids is 1. The summed E-state index contributed by atoms with van der Waals surface area (Å²) in [4.78, 5) is 18.5. The van der Waals surface area contributed by atoms with E-state index in [0.717, 1.165) is 15.1 Å². The van der Waals surface area contributed by atoms with Gasteiger partial charge in [0.2, 0.25) is 5.91 Å². The highest BCUT2D eigenvalue weighted by Crippen LogP contribution is 2.35. The molecular weight excluding hydrogens is 392 g/mol. The Morgan fingerprint density at radius 2 is 1.96 bits per heavy atom. The number of fused-ring (bicyclic) bond motifs is 2. The Morgan fingerprint density at radius 3 is 2.71 bits per heavy atom. The van der Waals surface area contributed by atoms with Gasteiger partial charge in [0.15, 0.2) is 16.3 Å². The van der Waals surface area contributed by atoms with Crippen LogP contribution in [0.3, 0.4) is 0 Å². The minimum atomic E-state index is -0.155. The summed E-state index contributed by atoms with van der Waals surface area (Å²) in [5, 5.41) is 0. The number of amides is 1. The molecule has 5 nitrogen and oxygen atoms in total. The van der Waals surface area contributed by atoms with Gasteiger partial charge in [-0.05, 0) is 12.1 Å². The zero-order chi connectivity index (χ0) is 19.3. The number of thiazole rings is 1. The van der Waals surface area contributed by atoms with Crippen LogP contribution in [0.2, 0.25) is 0 Å². The number of aromatic nitrogens is 1. The lowest BCUT2D eigenvalue weighted by atomic mass is 10.2. The number of hydrogen-bond donors (Lipinski definition) is 0. The normalized spacial score (nSPS) is 13.5. The maximum atomic E-state index is 12.4. The van der Waals surface area contributed by atoms with Crippen LogP contribution in [0.15, 0.2) is 52.4 Å². The number of ether oxygens (including phenoxy) is 2. The van der Waals surface area contributed by atoms with Crippen molar-refractivity contribution in [3.63, 3.8) is 0 Å². The number of thioether (sulfide) groups is 1. The molecule has 4 rings (SSSR count). The van der Waals surface area contributed by atoms with Crippen molar-refractivity contribution in [3.8, 4) is 23.8 Å². The van der Waals surface area contributed by atoms with Crippen molar-refractivity contribution in [2.24, 2.45) is 4.99 Å². The summed E-state index contributed by atoms with van der Waals surface area (Å²) in [6.45, 7) is 1.39. The number of benzene rings is 2. The smallest absolute Gasteiger partial charge is 0.249 e. The molecular formula is C21H18N2O3S2. The molecule has 1 amide bonds. The van der Waals surface area contributed by atoms with Gasteiger partial charge in [-0.25, -0.2) is 0 Å². The van der Waals surface area contributed by atoms with E-state index < -0.39 is 0 Å². The first kappa shape index (κ1) is 18.7. The van der Waals surface area contributed by atoms with E-state index in [1.165, 1.54) is 11.3 Å². The molecule has 2 heterocycles. The van der Waals surface area contributed by atoms with E-state index in [9.17, 15) is 4.79 Å². The average Bonchev–Trinajstić information content (AvgIpc) is 3.03. The predicted molar refractivity (Wildman–Crippen MR) is 112 cm³/mol. The summed E-state index contributed by atoms with van der Waals surface area (Å²) in [5.74, 6) is 4.58. The van der Waals surface area contributed by atoms with Crippen LogP contribution in [0.5, 0.6) is 11.5 Å². The molecule has 1 aliphatic rings. The molecule has 1 aromatic heterocycles. The van der Waals surface area contributed by atoms with Crippen LogP contribution in [0.25, 0.3) is 10.2 Å². The molecule has 28 heavy (non-hydrogen) atoms. The molecule has 0 saturated heterocycles. The summed E-state index contributed by atoms with van der Waals surface area (Å²) in [5.41, 5.74) is 0.900. The van der Waals surface area contributed by atoms with Gasteiger partial charge in [0.05, 0.1) is 16.8 Å². The Hall–Kier alpha value is -2.69. The largest absolute Gasteiger partial charge is 0.486 e. The first-order chi connectivity index (χ1) is 13.7. The second-order valence-corrected chi connectivity index (χ2v) is 8.23. The van der Waals surface area contributed by atoms with Crippen LogP contribution >= 0.6 is 23.1 Å². The van der Waals surface area contributed by atoms with Crippen molar-refractivity contribution >= 4 is 39.2 Å². The first-order valence-corrected chi connectivity index (χ1v) is 10.7. The van der Waals surface area contributed by atoms with Gasteiger partial charge in [-0.15, -0.1) is 18.2 Å². The summed E-state index contributed by atoms with van der Waals surface area (Å²) in [6, 6.07) is 13.9. The molecule has 0 saturated carbocycles. The summed E-state index contributed by atoms with van der Waals surface area (Å²) >= 11 is 3.08. The van der Waals surface area contributed by atoms with Crippen molar-refractivity contribution < 1.29 is 14.3 Å². The number of hydrogen-bond acceptors (Lipinski definition) is 5. The van der Waals surface area contributed by atoms with Crippen molar-refractivity contribution in [3.05, 3.63) is 47.3 Å². The van der Waals surface area contributed by atoms with Crippen LogP contribution in [-0.2, 0) is 11.3 Å². The Balaban J connectivity index is 1.58.